The van der Waals surface area contributed by atoms with Crippen LogP contribution in [0.25, 0.3) is 0 Å². The summed E-state index contributed by atoms with van der Waals surface area (Å²) in [5.74, 6) is -0.274. The molecule has 2 aromatic rings. The predicted octanol–water partition coefficient (Wildman–Crippen LogP) is 1.88. The molecule has 0 aromatic heterocycles. The van der Waals surface area contributed by atoms with E-state index in [1.165, 1.54) is 12.3 Å². The average Bonchev–Trinajstić information content (AvgIpc) is 3.19. The number of sulfone groups is 1. The fraction of sp³-hybridized carbons (Fsp3) is 0.278. The normalized spacial score (nSPS) is 21.8. The van der Waals surface area contributed by atoms with Gasteiger partial charge in [0.1, 0.15) is 5.82 Å². The second-order valence-electron chi connectivity index (χ2n) is 6.52. The van der Waals surface area contributed by atoms with E-state index >= 15 is 0 Å². The Balaban J connectivity index is 1.74. The van der Waals surface area contributed by atoms with Gasteiger partial charge in [-0.2, -0.15) is 0 Å². The molecule has 5 nitrogen and oxygen atoms in total. The van der Waals surface area contributed by atoms with E-state index in [1.807, 2.05) is 6.21 Å². The number of hydrogen-bond donors (Lipinski definition) is 2. The van der Waals surface area contributed by atoms with Crippen molar-refractivity contribution >= 4 is 21.7 Å². The molecule has 130 valence electrons. The predicted molar refractivity (Wildman–Crippen MR) is 94.6 cm³/mol. The molecule has 0 amide bonds. The second kappa shape index (κ2) is 5.72. The van der Waals surface area contributed by atoms with Crippen LogP contribution in [0.1, 0.15) is 16.7 Å². The Bertz CT molecular complexity index is 963. The van der Waals surface area contributed by atoms with Crippen LogP contribution in [0.4, 0.5) is 10.1 Å². The summed E-state index contributed by atoms with van der Waals surface area (Å²) in [7, 11) is -3.24. The van der Waals surface area contributed by atoms with Crippen LogP contribution in [0, 0.1) is 5.82 Å². The summed E-state index contributed by atoms with van der Waals surface area (Å²) in [6.45, 7) is 1.30. The van der Waals surface area contributed by atoms with Crippen molar-refractivity contribution in [1.29, 1.82) is 0 Å². The van der Waals surface area contributed by atoms with Gasteiger partial charge in [0.2, 0.25) is 0 Å². The van der Waals surface area contributed by atoms with Gasteiger partial charge in [-0.05, 0) is 35.4 Å². The standard InChI is InChI=1S/C18H18FN3O2S/c1-25(23,24)13-4-2-12(3-5-13)8-14-15(19)6-7-16-17(14)18(10-21-16)9-20-11-22-18/h2-7,10,20,22H,8-9,11H2,1H3. The van der Waals surface area contributed by atoms with E-state index in [1.54, 1.807) is 30.3 Å². The smallest absolute Gasteiger partial charge is 0.175 e. The van der Waals surface area contributed by atoms with Gasteiger partial charge in [0, 0.05) is 37.7 Å². The largest absolute Gasteiger partial charge is 0.302 e. The summed E-state index contributed by atoms with van der Waals surface area (Å²) < 4.78 is 37.8. The monoisotopic (exact) mass is 359 g/mol. The van der Waals surface area contributed by atoms with Crippen LogP contribution < -0.4 is 10.6 Å². The Hall–Kier alpha value is -2.09. The lowest BCUT2D eigenvalue weighted by molar-refractivity contribution is 0.560. The highest BCUT2D eigenvalue weighted by Crippen LogP contribution is 2.40. The molecule has 2 aromatic carbocycles. The van der Waals surface area contributed by atoms with E-state index in [9.17, 15) is 12.8 Å². The molecule has 1 fully saturated rings. The molecule has 2 N–H and O–H groups in total. The lowest BCUT2D eigenvalue weighted by Crippen LogP contribution is -2.40. The molecule has 25 heavy (non-hydrogen) atoms. The molecule has 0 radical (unpaired) electrons. The Kier molecular flexibility index (Phi) is 3.75. The SMILES string of the molecule is CS(=O)(=O)c1ccc(Cc2c(F)ccc3c2C2(C=N3)CNCN2)cc1. The molecule has 2 aliphatic heterocycles. The Morgan fingerprint density at radius 1 is 1.20 bits per heavy atom. The number of rotatable bonds is 3. The summed E-state index contributed by atoms with van der Waals surface area (Å²) in [6, 6.07) is 9.74. The van der Waals surface area contributed by atoms with Crippen molar-refractivity contribution < 1.29 is 12.8 Å². The summed E-state index contributed by atoms with van der Waals surface area (Å²) in [5, 5.41) is 6.60. The van der Waals surface area contributed by atoms with Gasteiger partial charge >= 0.3 is 0 Å². The highest BCUT2D eigenvalue weighted by Gasteiger charge is 2.41. The van der Waals surface area contributed by atoms with Crippen LogP contribution in [-0.4, -0.2) is 34.1 Å². The maximum Gasteiger partial charge on any atom is 0.175 e. The van der Waals surface area contributed by atoms with Gasteiger partial charge in [-0.15, -0.1) is 0 Å². The topological polar surface area (TPSA) is 70.6 Å². The third-order valence-corrected chi connectivity index (χ3v) is 5.90. The first-order valence-corrected chi connectivity index (χ1v) is 9.90. The molecule has 2 aliphatic rings. The van der Waals surface area contributed by atoms with Crippen LogP contribution in [0.15, 0.2) is 46.3 Å². The Morgan fingerprint density at radius 3 is 2.60 bits per heavy atom. The summed E-state index contributed by atoms with van der Waals surface area (Å²) in [5.41, 5.74) is 2.62. The quantitative estimate of drug-likeness (QED) is 0.878. The molecular weight excluding hydrogens is 341 g/mol. The van der Waals surface area contributed by atoms with Gasteiger partial charge < -0.3 is 5.32 Å². The van der Waals surface area contributed by atoms with Crippen molar-refractivity contribution in [3.63, 3.8) is 0 Å². The first-order chi connectivity index (χ1) is 11.9. The number of nitrogens with one attached hydrogen (secondary N) is 2. The molecule has 1 unspecified atom stereocenters. The average molecular weight is 359 g/mol. The maximum atomic E-state index is 14.6. The molecular formula is C18H18FN3O2S. The van der Waals surface area contributed by atoms with E-state index in [0.717, 1.165) is 16.8 Å². The zero-order valence-electron chi connectivity index (χ0n) is 13.7. The van der Waals surface area contributed by atoms with Gasteiger partial charge in [-0.25, -0.2) is 12.8 Å². The zero-order chi connectivity index (χ0) is 17.7. The molecule has 1 spiro atoms. The van der Waals surface area contributed by atoms with Crippen molar-refractivity contribution in [3.8, 4) is 0 Å². The van der Waals surface area contributed by atoms with E-state index in [-0.39, 0.29) is 10.7 Å². The number of halogens is 1. The highest BCUT2D eigenvalue weighted by molar-refractivity contribution is 7.90. The minimum absolute atomic E-state index is 0.261. The van der Waals surface area contributed by atoms with Crippen molar-refractivity contribution in [2.24, 2.45) is 4.99 Å². The molecule has 7 heteroatoms. The number of hydrogen-bond acceptors (Lipinski definition) is 5. The van der Waals surface area contributed by atoms with Gasteiger partial charge in [0.15, 0.2) is 9.84 Å². The van der Waals surface area contributed by atoms with Crippen LogP contribution in [0.5, 0.6) is 0 Å². The first-order valence-electron chi connectivity index (χ1n) is 8.01. The van der Waals surface area contributed by atoms with Gasteiger partial charge in [-0.1, -0.05) is 12.1 Å². The molecule has 1 saturated heterocycles. The first kappa shape index (κ1) is 16.4. The Labute approximate surface area is 145 Å². The number of aliphatic imine (C=N–C) groups is 1. The molecule has 4 rings (SSSR count). The van der Waals surface area contributed by atoms with E-state index < -0.39 is 15.4 Å². The summed E-state index contributed by atoms with van der Waals surface area (Å²) in [6.07, 6.45) is 3.39. The summed E-state index contributed by atoms with van der Waals surface area (Å²) in [4.78, 5) is 4.71. The van der Waals surface area contributed by atoms with E-state index in [4.69, 9.17) is 0 Å². The van der Waals surface area contributed by atoms with Crippen molar-refractivity contribution in [3.05, 3.63) is 58.9 Å². The van der Waals surface area contributed by atoms with Gasteiger partial charge in [-0.3, -0.25) is 10.3 Å². The van der Waals surface area contributed by atoms with Crippen LogP contribution in [0.3, 0.4) is 0 Å². The molecule has 2 heterocycles. The van der Waals surface area contributed by atoms with Gasteiger partial charge in [0.05, 0.1) is 16.1 Å². The van der Waals surface area contributed by atoms with E-state index in [2.05, 4.69) is 15.6 Å². The van der Waals surface area contributed by atoms with Crippen LogP contribution in [0.2, 0.25) is 0 Å². The zero-order valence-corrected chi connectivity index (χ0v) is 14.5. The lowest BCUT2D eigenvalue weighted by atomic mass is 9.86. The van der Waals surface area contributed by atoms with Crippen molar-refractivity contribution in [1.82, 2.24) is 10.6 Å². The van der Waals surface area contributed by atoms with Crippen LogP contribution in [-0.2, 0) is 21.8 Å². The number of benzene rings is 2. The van der Waals surface area contributed by atoms with Gasteiger partial charge in [0.25, 0.3) is 0 Å². The molecule has 0 bridgehead atoms. The third-order valence-electron chi connectivity index (χ3n) is 4.77. The minimum Gasteiger partial charge on any atom is -0.302 e. The fourth-order valence-corrected chi connectivity index (χ4v) is 4.13. The Morgan fingerprint density at radius 2 is 1.96 bits per heavy atom. The maximum absolute atomic E-state index is 14.6. The minimum atomic E-state index is -3.24. The van der Waals surface area contributed by atoms with Crippen molar-refractivity contribution in [2.45, 2.75) is 16.9 Å². The fourth-order valence-electron chi connectivity index (χ4n) is 3.50. The van der Waals surface area contributed by atoms with Crippen molar-refractivity contribution in [2.75, 3.05) is 19.5 Å². The highest BCUT2D eigenvalue weighted by atomic mass is 32.2. The number of nitrogens with zero attached hydrogens (tertiary/aromatic N) is 1. The van der Waals surface area contributed by atoms with Crippen LogP contribution >= 0.6 is 0 Å². The third kappa shape index (κ3) is 2.78. The molecule has 0 aliphatic carbocycles. The lowest BCUT2D eigenvalue weighted by Gasteiger charge is -2.24. The molecule has 0 saturated carbocycles. The summed E-state index contributed by atoms with van der Waals surface area (Å²) >= 11 is 0. The van der Waals surface area contributed by atoms with E-state index in [0.29, 0.717) is 25.2 Å². The second-order valence-corrected chi connectivity index (χ2v) is 8.54. The number of fused-ring (bicyclic) bond motifs is 2. The molecule has 1 atom stereocenters.